The zero-order valence-corrected chi connectivity index (χ0v) is 16.4. The Morgan fingerprint density at radius 2 is 2.04 bits per heavy atom. The fourth-order valence-corrected chi connectivity index (χ4v) is 4.76. The number of aromatic nitrogens is 2. The smallest absolute Gasteiger partial charge is 0.227 e. The summed E-state index contributed by atoms with van der Waals surface area (Å²) in [5.74, 6) is 0.174. The number of aliphatic hydroxyl groups excluding tert-OH is 1. The van der Waals surface area contributed by atoms with Crippen molar-refractivity contribution in [2.75, 3.05) is 32.7 Å². The highest BCUT2D eigenvalue weighted by Crippen LogP contribution is 2.39. The van der Waals surface area contributed by atoms with Crippen molar-refractivity contribution in [3.8, 4) is 0 Å². The zero-order valence-electron chi connectivity index (χ0n) is 16.4. The minimum atomic E-state index is -0.329. The van der Waals surface area contributed by atoms with Gasteiger partial charge >= 0.3 is 0 Å². The molecule has 2 fully saturated rings. The van der Waals surface area contributed by atoms with Crippen molar-refractivity contribution in [2.45, 2.75) is 38.3 Å². The molecule has 3 heterocycles. The van der Waals surface area contributed by atoms with Crippen LogP contribution in [0.25, 0.3) is 0 Å². The Hall–Kier alpha value is -2.18. The molecule has 0 bridgehead atoms. The van der Waals surface area contributed by atoms with E-state index in [1.165, 1.54) is 0 Å². The monoisotopic (exact) mass is 382 g/mol. The van der Waals surface area contributed by atoms with Gasteiger partial charge in [-0.25, -0.2) is 4.98 Å². The van der Waals surface area contributed by atoms with E-state index in [0.29, 0.717) is 13.0 Å². The Kier molecular flexibility index (Phi) is 5.78. The van der Waals surface area contributed by atoms with Crippen LogP contribution in [0, 0.1) is 5.41 Å². The second-order valence-corrected chi connectivity index (χ2v) is 8.32. The van der Waals surface area contributed by atoms with Crippen LogP contribution in [-0.2, 0) is 17.8 Å². The molecule has 1 aromatic carbocycles. The third kappa shape index (κ3) is 4.28. The summed E-state index contributed by atoms with van der Waals surface area (Å²) in [5.41, 5.74) is 0.857. The first-order chi connectivity index (χ1) is 13.6. The van der Waals surface area contributed by atoms with E-state index < -0.39 is 0 Å². The highest BCUT2D eigenvalue weighted by molar-refractivity contribution is 5.79. The summed E-state index contributed by atoms with van der Waals surface area (Å²) in [4.78, 5) is 21.4. The first kappa shape index (κ1) is 19.2. The van der Waals surface area contributed by atoms with E-state index in [4.69, 9.17) is 0 Å². The lowest BCUT2D eigenvalue weighted by Gasteiger charge is -2.51. The summed E-state index contributed by atoms with van der Waals surface area (Å²) in [5, 5.41) is 10.9. The standard InChI is InChI=1S/C22H30N4O2/c27-20-7-11-24(13-14-25-12-9-23-18-25)16-22(20)8-4-10-26(17-22)21(28)15-19-5-2-1-3-6-19/h1-3,5-6,9,12,18,20,27H,4,7-8,10-11,13-17H2/t20-,22-/m1/s1. The molecule has 2 aliphatic rings. The molecular formula is C22H30N4O2. The Balaban J connectivity index is 1.39. The highest BCUT2D eigenvalue weighted by Gasteiger charge is 2.46. The Morgan fingerprint density at radius 3 is 2.82 bits per heavy atom. The number of benzene rings is 1. The molecule has 6 nitrogen and oxygen atoms in total. The van der Waals surface area contributed by atoms with Crippen molar-refractivity contribution >= 4 is 5.91 Å². The van der Waals surface area contributed by atoms with Gasteiger partial charge in [-0.3, -0.25) is 4.79 Å². The fourth-order valence-electron chi connectivity index (χ4n) is 4.76. The van der Waals surface area contributed by atoms with E-state index in [-0.39, 0.29) is 17.4 Å². The maximum atomic E-state index is 12.9. The van der Waals surface area contributed by atoms with Crippen LogP contribution in [-0.4, -0.2) is 69.2 Å². The predicted molar refractivity (Wildman–Crippen MR) is 108 cm³/mol. The van der Waals surface area contributed by atoms with Gasteiger partial charge in [0.1, 0.15) is 0 Å². The van der Waals surface area contributed by atoms with Gasteiger partial charge in [-0.2, -0.15) is 0 Å². The number of hydrogen-bond acceptors (Lipinski definition) is 4. The third-order valence-corrected chi connectivity index (χ3v) is 6.36. The molecule has 4 rings (SSSR count). The molecule has 2 saturated heterocycles. The molecule has 2 aromatic rings. The molecule has 0 aliphatic carbocycles. The maximum absolute atomic E-state index is 12.9. The molecule has 6 heteroatoms. The summed E-state index contributed by atoms with van der Waals surface area (Å²) < 4.78 is 2.09. The molecule has 2 aliphatic heterocycles. The number of piperidine rings is 2. The van der Waals surface area contributed by atoms with Gasteiger partial charge in [0.05, 0.1) is 18.9 Å². The van der Waals surface area contributed by atoms with Crippen molar-refractivity contribution in [1.82, 2.24) is 19.4 Å². The minimum Gasteiger partial charge on any atom is -0.392 e. The zero-order chi connectivity index (χ0) is 19.4. The Bertz CT molecular complexity index is 764. The van der Waals surface area contributed by atoms with E-state index in [1.54, 1.807) is 6.20 Å². The fraction of sp³-hybridized carbons (Fsp3) is 0.545. The lowest BCUT2D eigenvalue weighted by molar-refractivity contribution is -0.140. The lowest BCUT2D eigenvalue weighted by atomic mass is 9.71. The van der Waals surface area contributed by atoms with Crippen LogP contribution >= 0.6 is 0 Å². The maximum Gasteiger partial charge on any atom is 0.227 e. The van der Waals surface area contributed by atoms with Crippen molar-refractivity contribution < 1.29 is 9.90 Å². The first-order valence-electron chi connectivity index (χ1n) is 10.3. The molecule has 1 N–H and O–H groups in total. The molecule has 1 aromatic heterocycles. The number of rotatable bonds is 5. The number of imidazole rings is 1. The van der Waals surface area contributed by atoms with Gasteiger partial charge in [0.15, 0.2) is 0 Å². The molecule has 28 heavy (non-hydrogen) atoms. The molecule has 0 radical (unpaired) electrons. The van der Waals surface area contributed by atoms with Gasteiger partial charge in [0, 0.05) is 57.1 Å². The first-order valence-corrected chi connectivity index (χ1v) is 10.3. The molecule has 0 unspecified atom stereocenters. The van der Waals surface area contributed by atoms with Crippen molar-refractivity contribution in [3.63, 3.8) is 0 Å². The van der Waals surface area contributed by atoms with E-state index in [1.807, 2.05) is 47.8 Å². The van der Waals surface area contributed by atoms with E-state index >= 15 is 0 Å². The van der Waals surface area contributed by atoms with E-state index in [0.717, 1.165) is 57.5 Å². The number of hydrogen-bond donors (Lipinski definition) is 1. The van der Waals surface area contributed by atoms with Crippen LogP contribution < -0.4 is 0 Å². The summed E-state index contributed by atoms with van der Waals surface area (Å²) >= 11 is 0. The van der Waals surface area contributed by atoms with Crippen molar-refractivity contribution in [2.24, 2.45) is 5.41 Å². The highest BCUT2D eigenvalue weighted by atomic mass is 16.3. The number of nitrogens with zero attached hydrogens (tertiary/aromatic N) is 4. The van der Waals surface area contributed by atoms with Crippen LogP contribution in [0.15, 0.2) is 49.1 Å². The molecular weight excluding hydrogens is 352 g/mol. The summed E-state index contributed by atoms with van der Waals surface area (Å²) in [6, 6.07) is 9.93. The van der Waals surface area contributed by atoms with Crippen LogP contribution in [0.1, 0.15) is 24.8 Å². The van der Waals surface area contributed by atoms with Crippen LogP contribution in [0.3, 0.4) is 0 Å². The quantitative estimate of drug-likeness (QED) is 0.857. The number of amides is 1. The summed E-state index contributed by atoms with van der Waals surface area (Å²) in [7, 11) is 0. The Labute approximate surface area is 166 Å². The number of aliphatic hydroxyl groups is 1. The number of likely N-dealkylation sites (tertiary alicyclic amines) is 2. The second-order valence-electron chi connectivity index (χ2n) is 8.32. The molecule has 0 saturated carbocycles. The van der Waals surface area contributed by atoms with Crippen LogP contribution in [0.2, 0.25) is 0 Å². The molecule has 150 valence electrons. The predicted octanol–water partition coefficient (Wildman–Crippen LogP) is 1.80. The normalized spacial score (nSPS) is 25.9. The second kappa shape index (κ2) is 8.45. The average molecular weight is 383 g/mol. The van der Waals surface area contributed by atoms with Gasteiger partial charge in [-0.15, -0.1) is 0 Å². The summed E-state index contributed by atoms with van der Waals surface area (Å²) in [6.45, 7) is 5.09. The van der Waals surface area contributed by atoms with E-state index in [2.05, 4.69) is 14.5 Å². The molecule has 1 spiro atoms. The largest absolute Gasteiger partial charge is 0.392 e. The third-order valence-electron chi connectivity index (χ3n) is 6.36. The SMILES string of the molecule is O=C(Cc1ccccc1)N1CCC[C@@]2(CN(CCn3ccnc3)CC[C@H]2O)C1. The topological polar surface area (TPSA) is 61.6 Å². The summed E-state index contributed by atoms with van der Waals surface area (Å²) in [6.07, 6.45) is 8.49. The van der Waals surface area contributed by atoms with Crippen LogP contribution in [0.5, 0.6) is 0 Å². The van der Waals surface area contributed by atoms with Crippen molar-refractivity contribution in [3.05, 3.63) is 54.6 Å². The van der Waals surface area contributed by atoms with Gasteiger partial charge in [-0.05, 0) is 24.8 Å². The molecule has 2 atom stereocenters. The van der Waals surface area contributed by atoms with Gasteiger partial charge in [0.2, 0.25) is 5.91 Å². The van der Waals surface area contributed by atoms with Gasteiger partial charge in [0.25, 0.3) is 0 Å². The van der Waals surface area contributed by atoms with Crippen molar-refractivity contribution in [1.29, 1.82) is 0 Å². The average Bonchev–Trinajstić information content (AvgIpc) is 3.24. The minimum absolute atomic E-state index is 0.174. The number of carbonyl (C=O) groups excluding carboxylic acids is 1. The van der Waals surface area contributed by atoms with Gasteiger partial charge in [-0.1, -0.05) is 30.3 Å². The van der Waals surface area contributed by atoms with Gasteiger partial charge < -0.3 is 19.5 Å². The van der Waals surface area contributed by atoms with E-state index in [9.17, 15) is 9.90 Å². The molecule has 1 amide bonds. The lowest BCUT2D eigenvalue weighted by Crippen LogP contribution is -2.60. The Morgan fingerprint density at radius 1 is 1.18 bits per heavy atom. The van der Waals surface area contributed by atoms with Crippen LogP contribution in [0.4, 0.5) is 0 Å². The number of carbonyl (C=O) groups is 1.